The molecule has 3 unspecified atom stereocenters. The van der Waals surface area contributed by atoms with Gasteiger partial charge in [-0.1, -0.05) is 27.2 Å². The Balaban J connectivity index is 1.93. The van der Waals surface area contributed by atoms with Crippen LogP contribution in [0.2, 0.25) is 0 Å². The van der Waals surface area contributed by atoms with Crippen molar-refractivity contribution in [3.8, 4) is 0 Å². The van der Waals surface area contributed by atoms with E-state index in [4.69, 9.17) is 5.73 Å². The zero-order valence-corrected chi connectivity index (χ0v) is 12.1. The van der Waals surface area contributed by atoms with E-state index in [1.807, 2.05) is 0 Å². The van der Waals surface area contributed by atoms with Crippen molar-refractivity contribution in [1.82, 2.24) is 4.90 Å². The summed E-state index contributed by atoms with van der Waals surface area (Å²) < 4.78 is 0. The van der Waals surface area contributed by atoms with Gasteiger partial charge in [-0.05, 0) is 36.5 Å². The molecule has 2 fully saturated rings. The molecule has 3 heteroatoms. The summed E-state index contributed by atoms with van der Waals surface area (Å²) in [5.41, 5.74) is 5.99. The molecule has 104 valence electrons. The average Bonchev–Trinajstić information content (AvgIpc) is 2.83. The van der Waals surface area contributed by atoms with Gasteiger partial charge in [0.1, 0.15) is 0 Å². The lowest BCUT2D eigenvalue weighted by molar-refractivity contribution is -0.135. The Labute approximate surface area is 111 Å². The van der Waals surface area contributed by atoms with Gasteiger partial charge in [0, 0.05) is 19.6 Å². The van der Waals surface area contributed by atoms with Crippen molar-refractivity contribution in [2.24, 2.45) is 28.9 Å². The van der Waals surface area contributed by atoms with Crippen LogP contribution in [0.15, 0.2) is 0 Å². The molecule has 2 aliphatic rings. The highest BCUT2D eigenvalue weighted by Gasteiger charge is 2.39. The van der Waals surface area contributed by atoms with Crippen molar-refractivity contribution in [2.45, 2.75) is 46.5 Å². The summed E-state index contributed by atoms with van der Waals surface area (Å²) in [5.74, 6) is 1.88. The molecule has 0 aromatic rings. The van der Waals surface area contributed by atoms with Crippen LogP contribution >= 0.6 is 0 Å². The zero-order chi connectivity index (χ0) is 13.3. The van der Waals surface area contributed by atoms with Crippen molar-refractivity contribution in [2.75, 3.05) is 19.6 Å². The molecule has 1 aliphatic heterocycles. The van der Waals surface area contributed by atoms with Crippen LogP contribution in [0.3, 0.4) is 0 Å². The van der Waals surface area contributed by atoms with Crippen molar-refractivity contribution in [3.63, 3.8) is 0 Å². The molecule has 1 heterocycles. The van der Waals surface area contributed by atoms with E-state index in [2.05, 4.69) is 25.7 Å². The van der Waals surface area contributed by atoms with Gasteiger partial charge in [-0.25, -0.2) is 0 Å². The lowest BCUT2D eigenvalue weighted by atomic mass is 9.84. The summed E-state index contributed by atoms with van der Waals surface area (Å²) in [6.45, 7) is 9.02. The monoisotopic (exact) mass is 252 g/mol. The fraction of sp³-hybridized carbons (Fsp3) is 0.933. The second-order valence-electron chi connectivity index (χ2n) is 7.39. The number of hydrogen-bond acceptors (Lipinski definition) is 2. The second kappa shape index (κ2) is 5.20. The third-order valence-corrected chi connectivity index (χ3v) is 4.53. The molecule has 1 saturated carbocycles. The van der Waals surface area contributed by atoms with Gasteiger partial charge in [0.2, 0.25) is 5.91 Å². The first-order valence-electron chi connectivity index (χ1n) is 7.39. The highest BCUT2D eigenvalue weighted by molar-refractivity contribution is 5.79. The van der Waals surface area contributed by atoms with Crippen LogP contribution < -0.4 is 5.73 Å². The summed E-state index contributed by atoms with van der Waals surface area (Å²) in [6, 6.07) is 0. The van der Waals surface area contributed by atoms with Crippen LogP contribution in [0.4, 0.5) is 0 Å². The Hall–Kier alpha value is -0.570. The maximum atomic E-state index is 12.5. The molecule has 0 aromatic heterocycles. The Morgan fingerprint density at radius 1 is 1.28 bits per heavy atom. The fourth-order valence-electron chi connectivity index (χ4n) is 3.68. The van der Waals surface area contributed by atoms with Crippen molar-refractivity contribution < 1.29 is 4.79 Å². The largest absolute Gasteiger partial charge is 0.342 e. The van der Waals surface area contributed by atoms with E-state index in [9.17, 15) is 4.79 Å². The van der Waals surface area contributed by atoms with Crippen LogP contribution in [0.1, 0.15) is 46.5 Å². The number of nitrogens with two attached hydrogens (primary N) is 1. The molecule has 18 heavy (non-hydrogen) atoms. The molecule has 1 saturated heterocycles. The molecule has 0 aromatic carbocycles. The number of amides is 1. The molecule has 1 aliphatic carbocycles. The zero-order valence-electron chi connectivity index (χ0n) is 12.1. The third-order valence-electron chi connectivity index (χ3n) is 4.53. The molecule has 0 spiro atoms. The standard InChI is InChI=1S/C15H28N2O/c1-15(2,3)7-13(8-16)14(18)17-9-11-5-4-6-12(11)10-17/h11-13H,4-10,16H2,1-3H3. The molecule has 2 N–H and O–H groups in total. The van der Waals surface area contributed by atoms with Crippen LogP contribution in [0.5, 0.6) is 0 Å². The molecule has 3 nitrogen and oxygen atoms in total. The third kappa shape index (κ3) is 3.05. The summed E-state index contributed by atoms with van der Waals surface area (Å²) in [6.07, 6.45) is 4.90. The molecule has 2 rings (SSSR count). The highest BCUT2D eigenvalue weighted by Crippen LogP contribution is 2.38. The minimum Gasteiger partial charge on any atom is -0.342 e. The van der Waals surface area contributed by atoms with Crippen molar-refractivity contribution in [1.29, 1.82) is 0 Å². The molecular weight excluding hydrogens is 224 g/mol. The summed E-state index contributed by atoms with van der Waals surface area (Å²) in [7, 11) is 0. The van der Waals surface area contributed by atoms with E-state index in [1.165, 1.54) is 19.3 Å². The van der Waals surface area contributed by atoms with Gasteiger partial charge in [0.15, 0.2) is 0 Å². The average molecular weight is 252 g/mol. The van der Waals surface area contributed by atoms with E-state index < -0.39 is 0 Å². The van der Waals surface area contributed by atoms with Gasteiger partial charge in [-0.15, -0.1) is 0 Å². The first-order valence-corrected chi connectivity index (χ1v) is 7.39. The maximum absolute atomic E-state index is 12.5. The summed E-state index contributed by atoms with van der Waals surface area (Å²) >= 11 is 0. The Morgan fingerprint density at radius 3 is 2.28 bits per heavy atom. The smallest absolute Gasteiger partial charge is 0.226 e. The van der Waals surface area contributed by atoms with Gasteiger partial charge < -0.3 is 10.6 Å². The SMILES string of the molecule is CC(C)(C)CC(CN)C(=O)N1CC2CCCC2C1. The number of carbonyl (C=O) groups excluding carboxylic acids is 1. The Morgan fingerprint density at radius 2 is 1.83 bits per heavy atom. The number of nitrogens with zero attached hydrogens (tertiary/aromatic N) is 1. The quantitative estimate of drug-likeness (QED) is 0.837. The van der Waals surface area contributed by atoms with E-state index in [1.54, 1.807) is 0 Å². The highest BCUT2D eigenvalue weighted by atomic mass is 16.2. The van der Waals surface area contributed by atoms with Crippen LogP contribution in [0, 0.1) is 23.2 Å². The van der Waals surface area contributed by atoms with E-state index >= 15 is 0 Å². The van der Waals surface area contributed by atoms with Gasteiger partial charge in [0.25, 0.3) is 0 Å². The van der Waals surface area contributed by atoms with E-state index in [0.717, 1.165) is 31.3 Å². The van der Waals surface area contributed by atoms with E-state index in [0.29, 0.717) is 12.5 Å². The first-order chi connectivity index (χ1) is 8.40. The number of hydrogen-bond donors (Lipinski definition) is 1. The van der Waals surface area contributed by atoms with Gasteiger partial charge in [-0.3, -0.25) is 4.79 Å². The number of carbonyl (C=O) groups is 1. The molecule has 0 radical (unpaired) electrons. The fourth-order valence-corrected chi connectivity index (χ4v) is 3.68. The maximum Gasteiger partial charge on any atom is 0.226 e. The van der Waals surface area contributed by atoms with Gasteiger partial charge >= 0.3 is 0 Å². The molecule has 1 amide bonds. The van der Waals surface area contributed by atoms with Crippen LogP contribution in [-0.4, -0.2) is 30.4 Å². The topological polar surface area (TPSA) is 46.3 Å². The van der Waals surface area contributed by atoms with Crippen molar-refractivity contribution in [3.05, 3.63) is 0 Å². The molecule has 3 atom stereocenters. The van der Waals surface area contributed by atoms with Gasteiger partial charge in [0.05, 0.1) is 5.92 Å². The second-order valence-corrected chi connectivity index (χ2v) is 7.39. The minimum atomic E-state index is 0.0174. The minimum absolute atomic E-state index is 0.0174. The Kier molecular flexibility index (Phi) is 4.00. The summed E-state index contributed by atoms with van der Waals surface area (Å²) in [4.78, 5) is 14.6. The molecule has 0 bridgehead atoms. The van der Waals surface area contributed by atoms with Crippen molar-refractivity contribution >= 4 is 5.91 Å². The predicted octanol–water partition coefficient (Wildman–Crippen LogP) is 2.26. The normalized spacial score (nSPS) is 29.4. The van der Waals surface area contributed by atoms with E-state index in [-0.39, 0.29) is 11.3 Å². The van der Waals surface area contributed by atoms with Gasteiger partial charge in [-0.2, -0.15) is 0 Å². The molecular formula is C15H28N2O. The number of rotatable bonds is 3. The number of likely N-dealkylation sites (tertiary alicyclic amines) is 1. The van der Waals surface area contributed by atoms with Crippen LogP contribution in [0.25, 0.3) is 0 Å². The summed E-state index contributed by atoms with van der Waals surface area (Å²) in [5, 5.41) is 0. The lowest BCUT2D eigenvalue weighted by Gasteiger charge is -2.28. The number of fused-ring (bicyclic) bond motifs is 1. The van der Waals surface area contributed by atoms with Crippen LogP contribution in [-0.2, 0) is 4.79 Å². The Bertz CT molecular complexity index is 296. The lowest BCUT2D eigenvalue weighted by Crippen LogP contribution is -2.39. The predicted molar refractivity (Wildman–Crippen MR) is 74.0 cm³/mol. The first kappa shape index (κ1) is 13.9.